The van der Waals surface area contributed by atoms with E-state index in [9.17, 15) is 33.4 Å². The van der Waals surface area contributed by atoms with Gasteiger partial charge in [0.15, 0.2) is 17.5 Å². The molecule has 7 rings (SSSR count). The van der Waals surface area contributed by atoms with Crippen LogP contribution in [0, 0.1) is 17.8 Å². The zero-order valence-corrected chi connectivity index (χ0v) is 22.6. The number of quaternary nitrogens is 1. The fraction of sp³-hybridized carbons (Fsp3) is 0.516. The maximum atomic E-state index is 13.3. The summed E-state index contributed by atoms with van der Waals surface area (Å²) in [6, 6.07) is 6.84. The van der Waals surface area contributed by atoms with Crippen molar-refractivity contribution in [2.24, 2.45) is 5.92 Å². The number of nitrogens with zero attached hydrogens (tertiary/aromatic N) is 2. The normalized spacial score (nSPS) is 34.6. The van der Waals surface area contributed by atoms with Gasteiger partial charge < -0.3 is 19.8 Å². The molecule has 2 saturated carbocycles. The lowest BCUT2D eigenvalue weighted by Crippen LogP contribution is -2.82. The van der Waals surface area contributed by atoms with Gasteiger partial charge in [0.05, 0.1) is 17.0 Å². The number of amides is 1. The molecular formula is C31H32F3N2O5+. The molecule has 1 spiro atoms. The largest absolute Gasteiger partial charge is 0.504 e. The number of rotatable bonds is 3. The number of carbonyl (C=O) groups excluding carboxylic acids is 1. The van der Waals surface area contributed by atoms with Gasteiger partial charge in [-0.15, -0.1) is 0 Å². The van der Waals surface area contributed by atoms with Crippen molar-refractivity contribution in [3.8, 4) is 23.3 Å². The fourth-order valence-electron chi connectivity index (χ4n) is 8.26. The lowest BCUT2D eigenvalue weighted by molar-refractivity contribution is -1.13. The Bertz CT molecular complexity index is 1500. The minimum Gasteiger partial charge on any atom is -0.504 e. The third kappa shape index (κ3) is 3.75. The minimum atomic E-state index is -4.46. The number of phenolic OH excluding ortho intramolecular Hbond substituents is 1. The molecule has 2 aromatic rings. The summed E-state index contributed by atoms with van der Waals surface area (Å²) >= 11 is 0. The van der Waals surface area contributed by atoms with Gasteiger partial charge in [0, 0.05) is 42.9 Å². The van der Waals surface area contributed by atoms with E-state index in [1.54, 1.807) is 13.1 Å². The van der Waals surface area contributed by atoms with Gasteiger partial charge in [-0.2, -0.15) is 17.8 Å². The number of hydroxylamine groups is 3. The number of alkyl halides is 3. The number of hydrogen-bond donors (Lipinski definition) is 3. The van der Waals surface area contributed by atoms with Crippen LogP contribution >= 0.6 is 0 Å². The first kappa shape index (κ1) is 26.6. The van der Waals surface area contributed by atoms with Gasteiger partial charge in [-0.05, 0) is 61.6 Å². The summed E-state index contributed by atoms with van der Waals surface area (Å²) in [5.74, 6) is 5.47. The van der Waals surface area contributed by atoms with Crippen LogP contribution in [-0.4, -0.2) is 74.8 Å². The zero-order chi connectivity index (χ0) is 28.9. The first-order chi connectivity index (χ1) is 19.4. The number of likely N-dealkylation sites (N-methyl/N-ethyl adjacent to an activating group) is 1. The molecule has 3 aliphatic carbocycles. The summed E-state index contributed by atoms with van der Waals surface area (Å²) in [6.45, 7) is 1.05. The molecule has 2 heterocycles. The van der Waals surface area contributed by atoms with Crippen LogP contribution in [0.5, 0.6) is 11.5 Å². The van der Waals surface area contributed by atoms with Crippen molar-refractivity contribution in [2.45, 2.75) is 73.9 Å². The van der Waals surface area contributed by atoms with E-state index in [1.807, 2.05) is 6.07 Å². The highest BCUT2D eigenvalue weighted by Gasteiger charge is 2.77. The maximum Gasteiger partial charge on any atom is 0.416 e. The summed E-state index contributed by atoms with van der Waals surface area (Å²) in [5, 5.41) is 35.3. The summed E-state index contributed by atoms with van der Waals surface area (Å²) in [4.78, 5) is 14.8. The average Bonchev–Trinajstić information content (AvgIpc) is 3.66. The zero-order valence-electron chi connectivity index (χ0n) is 22.6. The van der Waals surface area contributed by atoms with Gasteiger partial charge in [0.25, 0.3) is 5.91 Å². The lowest BCUT2D eigenvalue weighted by atomic mass is 9.48. The number of piperidine rings is 1. The van der Waals surface area contributed by atoms with Crippen molar-refractivity contribution in [1.82, 2.24) is 4.90 Å². The van der Waals surface area contributed by atoms with Crippen LogP contribution in [0.25, 0.3) is 0 Å². The molecular weight excluding hydrogens is 537 g/mol. The van der Waals surface area contributed by atoms with E-state index in [4.69, 9.17) is 4.74 Å². The average molecular weight is 570 g/mol. The predicted octanol–water partition coefficient (Wildman–Crippen LogP) is 3.76. The van der Waals surface area contributed by atoms with Crippen molar-refractivity contribution in [2.75, 3.05) is 20.1 Å². The van der Waals surface area contributed by atoms with Crippen LogP contribution in [0.3, 0.4) is 0 Å². The first-order valence-electron chi connectivity index (χ1n) is 14.2. The molecule has 41 heavy (non-hydrogen) atoms. The molecule has 4 unspecified atom stereocenters. The van der Waals surface area contributed by atoms with Crippen LogP contribution in [0.1, 0.15) is 54.4 Å². The summed E-state index contributed by atoms with van der Waals surface area (Å²) in [7, 11) is 1.62. The standard InChI is InChI=1S/C31H31F3N2O5/c1-35(25(38)11-6-18-4-8-21(9-5-18)31(32,33)34)22-12-13-30(39)24-16-20-7-10-23(37)27-26(20)29(30,28(22)41-27)14-15-36(24,40)17-19-2-3-19/h4-5,7-10,19,22,24,28,39-40H,2-3,12-17H2,1H3/p+1/t22?,24-,28?,29-,30?,36?/m0/s1. The van der Waals surface area contributed by atoms with Gasteiger partial charge in [-0.3, -0.25) is 4.79 Å². The van der Waals surface area contributed by atoms with Crippen LogP contribution in [-0.2, 0) is 22.8 Å². The number of benzene rings is 2. The number of phenols is 1. The lowest BCUT2D eigenvalue weighted by Gasteiger charge is -2.64. The Balaban J connectivity index is 1.22. The van der Waals surface area contributed by atoms with Gasteiger partial charge in [-0.1, -0.05) is 12.0 Å². The van der Waals surface area contributed by atoms with E-state index in [-0.39, 0.29) is 16.0 Å². The molecule has 216 valence electrons. The molecule has 1 amide bonds. The second-order valence-electron chi connectivity index (χ2n) is 12.5. The van der Waals surface area contributed by atoms with Crippen LogP contribution < -0.4 is 4.74 Å². The third-order valence-electron chi connectivity index (χ3n) is 10.4. The number of halogens is 3. The Morgan fingerprint density at radius 3 is 2.56 bits per heavy atom. The van der Waals surface area contributed by atoms with Crippen molar-refractivity contribution < 1.29 is 42.8 Å². The second-order valence-corrected chi connectivity index (χ2v) is 12.5. The summed E-state index contributed by atoms with van der Waals surface area (Å²) < 4.78 is 45.0. The Morgan fingerprint density at radius 2 is 1.88 bits per heavy atom. The quantitative estimate of drug-likeness (QED) is 0.387. The molecule has 3 N–H and O–H groups in total. The van der Waals surface area contributed by atoms with Crippen molar-refractivity contribution >= 4 is 5.91 Å². The molecule has 0 radical (unpaired) electrons. The van der Waals surface area contributed by atoms with Gasteiger partial charge >= 0.3 is 6.18 Å². The highest BCUT2D eigenvalue weighted by Crippen LogP contribution is 2.66. The smallest absolute Gasteiger partial charge is 0.416 e. The Hall–Kier alpha value is -3.26. The van der Waals surface area contributed by atoms with E-state index >= 15 is 0 Å². The SMILES string of the molecule is CN(C(=O)C#Cc1ccc(C(F)(F)F)cc1)C1CCC2(O)[C@@H]3Cc4ccc(O)c5c4[C@@]2(CC[N+]3(O)CC2CC2)C1O5. The molecule has 3 fully saturated rings. The predicted molar refractivity (Wildman–Crippen MR) is 140 cm³/mol. The molecule has 6 atom stereocenters. The summed E-state index contributed by atoms with van der Waals surface area (Å²) in [6.07, 6.45) is -1.31. The Labute approximate surface area is 235 Å². The van der Waals surface area contributed by atoms with Gasteiger partial charge in [-0.25, -0.2) is 5.21 Å². The fourth-order valence-corrected chi connectivity index (χ4v) is 8.26. The van der Waals surface area contributed by atoms with Crippen molar-refractivity contribution in [1.29, 1.82) is 0 Å². The number of hydrogen-bond acceptors (Lipinski definition) is 5. The highest BCUT2D eigenvalue weighted by molar-refractivity contribution is 5.94. The van der Waals surface area contributed by atoms with Crippen LogP contribution in [0.2, 0.25) is 0 Å². The number of carbonyl (C=O) groups is 1. The Kier molecular flexibility index (Phi) is 5.61. The first-order valence-corrected chi connectivity index (χ1v) is 14.2. The van der Waals surface area contributed by atoms with E-state index in [0.717, 1.165) is 36.1 Å². The topological polar surface area (TPSA) is 90.2 Å². The number of aliphatic hydroxyl groups is 1. The molecule has 5 aliphatic rings. The highest BCUT2D eigenvalue weighted by atomic mass is 19.4. The van der Waals surface area contributed by atoms with E-state index < -0.39 is 46.9 Å². The van der Waals surface area contributed by atoms with Crippen molar-refractivity contribution in [3.05, 3.63) is 58.7 Å². The molecule has 2 bridgehead atoms. The molecule has 10 heteroatoms. The molecule has 0 aromatic heterocycles. The van der Waals surface area contributed by atoms with Crippen LogP contribution in [0.15, 0.2) is 36.4 Å². The molecule has 2 aliphatic heterocycles. The van der Waals surface area contributed by atoms with E-state index in [2.05, 4.69) is 11.8 Å². The molecule has 2 aromatic carbocycles. The van der Waals surface area contributed by atoms with Crippen molar-refractivity contribution in [3.63, 3.8) is 0 Å². The third-order valence-corrected chi connectivity index (χ3v) is 10.4. The Morgan fingerprint density at radius 1 is 1.15 bits per heavy atom. The van der Waals surface area contributed by atoms with Gasteiger partial charge in [0.1, 0.15) is 24.8 Å². The number of likely N-dealkylation sites (tertiary alicyclic amines) is 1. The maximum absolute atomic E-state index is 13.3. The minimum absolute atomic E-state index is 0.0172. The number of ether oxygens (including phenoxy) is 1. The second kappa shape index (κ2) is 8.63. The van der Waals surface area contributed by atoms with E-state index in [0.29, 0.717) is 50.4 Å². The summed E-state index contributed by atoms with van der Waals surface area (Å²) in [5.41, 5.74) is -0.977. The van der Waals surface area contributed by atoms with E-state index in [1.165, 1.54) is 17.0 Å². The van der Waals surface area contributed by atoms with Gasteiger partial charge in [0.2, 0.25) is 0 Å². The molecule has 1 saturated heterocycles. The van der Waals surface area contributed by atoms with Crippen LogP contribution in [0.4, 0.5) is 13.2 Å². The number of aromatic hydroxyl groups is 1. The monoisotopic (exact) mass is 569 g/mol. The molecule has 7 nitrogen and oxygen atoms in total.